The molecule has 0 spiro atoms. The molecular weight excluding hydrogens is 278 g/mol. The average molecular weight is 289 g/mol. The lowest BCUT2D eigenvalue weighted by molar-refractivity contribution is -0.384. The summed E-state index contributed by atoms with van der Waals surface area (Å²) in [5, 5.41) is 15.5. The molecule has 1 heterocycles. The lowest BCUT2D eigenvalue weighted by Crippen LogP contribution is -2.04. The van der Waals surface area contributed by atoms with Crippen molar-refractivity contribution < 1.29 is 9.72 Å². The number of hydrogen-bond acceptors (Lipinski definition) is 5. The SMILES string of the molecule is CC(=O)Nc1nc(C=Cc2ccc([N+](=O)[O-])cc2)cs1. The van der Waals surface area contributed by atoms with Crippen LogP contribution < -0.4 is 5.32 Å². The lowest BCUT2D eigenvalue weighted by Gasteiger charge is -1.93. The second kappa shape index (κ2) is 6.07. The van der Waals surface area contributed by atoms with Crippen LogP contribution in [0.4, 0.5) is 10.8 Å². The zero-order valence-corrected chi connectivity index (χ0v) is 11.4. The third-order valence-electron chi connectivity index (χ3n) is 2.36. The molecule has 0 aliphatic carbocycles. The predicted octanol–water partition coefficient (Wildman–Crippen LogP) is 3.18. The molecule has 0 bridgehead atoms. The van der Waals surface area contributed by atoms with Crippen molar-refractivity contribution in [3.8, 4) is 0 Å². The third-order valence-corrected chi connectivity index (χ3v) is 3.13. The van der Waals surface area contributed by atoms with Gasteiger partial charge in [0.05, 0.1) is 10.6 Å². The second-order valence-corrected chi connectivity index (χ2v) is 4.80. The van der Waals surface area contributed by atoms with Gasteiger partial charge in [0.25, 0.3) is 5.69 Å². The highest BCUT2D eigenvalue weighted by Gasteiger charge is 2.03. The molecule has 6 nitrogen and oxygen atoms in total. The molecular formula is C13H11N3O3S. The highest BCUT2D eigenvalue weighted by molar-refractivity contribution is 7.14. The Hall–Kier alpha value is -2.54. The van der Waals surface area contributed by atoms with Crippen LogP contribution in [0.25, 0.3) is 12.2 Å². The van der Waals surface area contributed by atoms with E-state index in [1.54, 1.807) is 24.3 Å². The van der Waals surface area contributed by atoms with Crippen molar-refractivity contribution in [2.45, 2.75) is 6.92 Å². The van der Waals surface area contributed by atoms with Crippen LogP contribution in [0, 0.1) is 10.1 Å². The fourth-order valence-electron chi connectivity index (χ4n) is 1.46. The van der Waals surface area contributed by atoms with E-state index in [1.807, 2.05) is 5.38 Å². The van der Waals surface area contributed by atoms with Crippen LogP contribution in [0.3, 0.4) is 0 Å². The fraction of sp³-hybridized carbons (Fsp3) is 0.0769. The molecule has 0 saturated heterocycles. The molecule has 0 unspecified atom stereocenters. The predicted molar refractivity (Wildman–Crippen MR) is 78.4 cm³/mol. The number of hydrogen-bond donors (Lipinski definition) is 1. The van der Waals surface area contributed by atoms with Gasteiger partial charge in [-0.25, -0.2) is 4.98 Å². The van der Waals surface area contributed by atoms with Crippen LogP contribution in [-0.4, -0.2) is 15.8 Å². The molecule has 0 atom stereocenters. The molecule has 2 rings (SSSR count). The van der Waals surface area contributed by atoms with E-state index in [1.165, 1.54) is 30.4 Å². The summed E-state index contributed by atoms with van der Waals surface area (Å²) in [6.07, 6.45) is 3.58. The van der Waals surface area contributed by atoms with Gasteiger partial charge in [-0.2, -0.15) is 0 Å². The molecule has 0 fully saturated rings. The lowest BCUT2D eigenvalue weighted by atomic mass is 10.2. The minimum absolute atomic E-state index is 0.0590. The molecule has 0 aliphatic heterocycles. The number of nitro groups is 1. The highest BCUT2D eigenvalue weighted by atomic mass is 32.1. The van der Waals surface area contributed by atoms with Gasteiger partial charge in [-0.3, -0.25) is 14.9 Å². The summed E-state index contributed by atoms with van der Waals surface area (Å²) in [7, 11) is 0. The van der Waals surface area contributed by atoms with Gasteiger partial charge in [0, 0.05) is 24.4 Å². The molecule has 1 N–H and O–H groups in total. The zero-order chi connectivity index (χ0) is 14.5. The van der Waals surface area contributed by atoms with Gasteiger partial charge in [0.15, 0.2) is 5.13 Å². The summed E-state index contributed by atoms with van der Waals surface area (Å²) in [6, 6.07) is 6.22. The van der Waals surface area contributed by atoms with Crippen LogP contribution in [0.2, 0.25) is 0 Å². The van der Waals surface area contributed by atoms with Crippen molar-refractivity contribution >= 4 is 40.2 Å². The first-order chi connectivity index (χ1) is 9.54. The van der Waals surface area contributed by atoms with Crippen LogP contribution in [-0.2, 0) is 4.79 Å². The molecule has 0 radical (unpaired) electrons. The molecule has 1 amide bonds. The molecule has 102 valence electrons. The summed E-state index contributed by atoms with van der Waals surface area (Å²) < 4.78 is 0. The summed E-state index contributed by atoms with van der Waals surface area (Å²) in [5.41, 5.74) is 1.62. The monoisotopic (exact) mass is 289 g/mol. The van der Waals surface area contributed by atoms with Gasteiger partial charge in [-0.1, -0.05) is 6.08 Å². The molecule has 20 heavy (non-hydrogen) atoms. The van der Waals surface area contributed by atoms with Gasteiger partial charge in [-0.15, -0.1) is 11.3 Å². The molecule has 1 aromatic heterocycles. The van der Waals surface area contributed by atoms with Crippen LogP contribution in [0.15, 0.2) is 29.6 Å². The summed E-state index contributed by atoms with van der Waals surface area (Å²) in [4.78, 5) is 25.2. The first-order valence-corrected chi connectivity index (χ1v) is 6.58. The second-order valence-electron chi connectivity index (χ2n) is 3.94. The first kappa shape index (κ1) is 13.9. The number of carbonyl (C=O) groups excluding carboxylic acids is 1. The topological polar surface area (TPSA) is 85.1 Å². The van der Waals surface area contributed by atoms with Gasteiger partial charge in [0.2, 0.25) is 5.91 Å². The molecule has 7 heteroatoms. The summed E-state index contributed by atoms with van der Waals surface area (Å²) in [5.74, 6) is -0.162. The van der Waals surface area contributed by atoms with Crippen molar-refractivity contribution in [3.63, 3.8) is 0 Å². The minimum atomic E-state index is -0.437. The smallest absolute Gasteiger partial charge is 0.269 e. The number of anilines is 1. The maximum absolute atomic E-state index is 10.9. The largest absolute Gasteiger partial charge is 0.302 e. The van der Waals surface area contributed by atoms with E-state index in [4.69, 9.17) is 0 Å². The Labute approximate surface area is 118 Å². The number of nitrogens with zero attached hydrogens (tertiary/aromatic N) is 2. The van der Waals surface area contributed by atoms with Crippen molar-refractivity contribution in [3.05, 3.63) is 51.0 Å². The Bertz CT molecular complexity index is 662. The van der Waals surface area contributed by atoms with E-state index in [2.05, 4.69) is 10.3 Å². The Morgan fingerprint density at radius 1 is 1.35 bits per heavy atom. The van der Waals surface area contributed by atoms with E-state index in [9.17, 15) is 14.9 Å². The van der Waals surface area contributed by atoms with E-state index in [0.717, 1.165) is 11.3 Å². The minimum Gasteiger partial charge on any atom is -0.302 e. The normalized spacial score (nSPS) is 10.7. The van der Waals surface area contributed by atoms with Crippen LogP contribution in [0.5, 0.6) is 0 Å². The van der Waals surface area contributed by atoms with Gasteiger partial charge < -0.3 is 5.32 Å². The van der Waals surface area contributed by atoms with Crippen LogP contribution >= 0.6 is 11.3 Å². The maximum atomic E-state index is 10.9. The quantitative estimate of drug-likeness (QED) is 0.692. The number of nitro benzene ring substituents is 1. The first-order valence-electron chi connectivity index (χ1n) is 5.70. The number of benzene rings is 1. The third kappa shape index (κ3) is 3.72. The van der Waals surface area contributed by atoms with E-state index in [0.29, 0.717) is 5.13 Å². The van der Waals surface area contributed by atoms with Crippen molar-refractivity contribution in [1.29, 1.82) is 0 Å². The van der Waals surface area contributed by atoms with Crippen molar-refractivity contribution in [2.24, 2.45) is 0 Å². The summed E-state index contributed by atoms with van der Waals surface area (Å²) in [6.45, 7) is 1.42. The van der Waals surface area contributed by atoms with E-state index < -0.39 is 4.92 Å². The number of aromatic nitrogens is 1. The van der Waals surface area contributed by atoms with Crippen LogP contribution in [0.1, 0.15) is 18.2 Å². The molecule has 1 aromatic carbocycles. The Kier molecular flexibility index (Phi) is 4.21. The van der Waals surface area contributed by atoms with Crippen molar-refractivity contribution in [1.82, 2.24) is 4.98 Å². The zero-order valence-electron chi connectivity index (χ0n) is 10.6. The van der Waals surface area contributed by atoms with Gasteiger partial charge in [0.1, 0.15) is 0 Å². The standard InChI is InChI=1S/C13H11N3O3S/c1-9(17)14-13-15-11(8-20-13)5-2-10-3-6-12(7-4-10)16(18)19/h2-8H,1H3,(H,14,15,17). The number of nitrogens with one attached hydrogen (secondary N) is 1. The number of non-ortho nitro benzene ring substituents is 1. The van der Waals surface area contributed by atoms with E-state index >= 15 is 0 Å². The number of carbonyl (C=O) groups is 1. The molecule has 0 saturated carbocycles. The average Bonchev–Trinajstić information content (AvgIpc) is 2.83. The highest BCUT2D eigenvalue weighted by Crippen LogP contribution is 2.18. The Morgan fingerprint density at radius 3 is 2.65 bits per heavy atom. The number of amides is 1. The summed E-state index contributed by atoms with van der Waals surface area (Å²) >= 11 is 1.34. The van der Waals surface area contributed by atoms with Crippen molar-refractivity contribution in [2.75, 3.05) is 5.32 Å². The molecule has 2 aromatic rings. The van der Waals surface area contributed by atoms with Gasteiger partial charge >= 0.3 is 0 Å². The Morgan fingerprint density at radius 2 is 2.05 bits per heavy atom. The maximum Gasteiger partial charge on any atom is 0.269 e. The Balaban J connectivity index is 2.07. The number of thiazole rings is 1. The fourth-order valence-corrected chi connectivity index (χ4v) is 2.18. The van der Waals surface area contributed by atoms with Gasteiger partial charge in [-0.05, 0) is 23.8 Å². The molecule has 0 aliphatic rings. The van der Waals surface area contributed by atoms with E-state index in [-0.39, 0.29) is 11.6 Å². The number of rotatable bonds is 4.